The van der Waals surface area contributed by atoms with Gasteiger partial charge in [-0.2, -0.15) is 0 Å². The van der Waals surface area contributed by atoms with E-state index in [1.54, 1.807) is 0 Å². The van der Waals surface area contributed by atoms with Gasteiger partial charge in [0, 0.05) is 20.0 Å². The zero-order valence-electron chi connectivity index (χ0n) is 9.47. The molecule has 0 rings (SSSR count). The molecule has 0 amide bonds. The van der Waals surface area contributed by atoms with Gasteiger partial charge in [0.15, 0.2) is 5.25 Å². The Bertz CT molecular complexity index is 366. The maximum atomic E-state index is 11.8. The Balaban J connectivity index is 4.65. The van der Waals surface area contributed by atoms with Crippen LogP contribution in [0.5, 0.6) is 0 Å². The third-order valence-electron chi connectivity index (χ3n) is 2.09. The zero-order chi connectivity index (χ0) is 12.9. The highest BCUT2D eigenvalue weighted by Crippen LogP contribution is 2.08. The molecular weight excluding hydrogens is 252 g/mol. The number of hydrogen-bond acceptors (Lipinski definition) is 5. The highest BCUT2D eigenvalue weighted by molar-refractivity contribution is 7.90. The first-order valence-electron chi connectivity index (χ1n) is 4.54. The van der Waals surface area contributed by atoms with Crippen LogP contribution in [0.1, 0.15) is 13.3 Å². The molecule has 0 aliphatic heterocycles. The lowest BCUT2D eigenvalue weighted by molar-refractivity contribution is -0.139. The molecule has 0 aliphatic rings. The van der Waals surface area contributed by atoms with Crippen molar-refractivity contribution < 1.29 is 17.9 Å². The number of methoxy groups -OCH3 is 1. The fourth-order valence-corrected chi connectivity index (χ4v) is 2.27. The Labute approximate surface area is 101 Å². The Morgan fingerprint density at radius 3 is 2.44 bits per heavy atom. The van der Waals surface area contributed by atoms with E-state index in [9.17, 15) is 13.2 Å². The monoisotopic (exact) mass is 268 g/mol. The summed E-state index contributed by atoms with van der Waals surface area (Å²) < 4.78 is 29.0. The van der Waals surface area contributed by atoms with Gasteiger partial charge in [0.25, 0.3) is 0 Å². The number of ether oxygens (including phenoxy) is 1. The number of hydrogen-bond donors (Lipinski definition) is 1. The molecule has 8 heteroatoms. The van der Waals surface area contributed by atoms with Crippen LogP contribution in [0.2, 0.25) is 0 Å². The molecule has 0 aromatic rings. The van der Waals surface area contributed by atoms with Gasteiger partial charge in [-0.3, -0.25) is 4.79 Å². The SMILES string of the molecule is COC(=O)C(C)S(=O)(=O)N(C)CCC(N)=S. The Hall–Kier alpha value is -0.730. The summed E-state index contributed by atoms with van der Waals surface area (Å²) in [4.78, 5) is 11.4. The number of nitrogens with two attached hydrogens (primary N) is 1. The summed E-state index contributed by atoms with van der Waals surface area (Å²) in [6.07, 6.45) is 0.277. The third-order valence-corrected chi connectivity index (χ3v) is 4.43. The fourth-order valence-electron chi connectivity index (χ4n) is 0.952. The van der Waals surface area contributed by atoms with Crippen molar-refractivity contribution in [3.63, 3.8) is 0 Å². The van der Waals surface area contributed by atoms with Crippen LogP contribution in [0, 0.1) is 0 Å². The van der Waals surface area contributed by atoms with Crippen LogP contribution in [0.25, 0.3) is 0 Å². The third kappa shape index (κ3) is 4.03. The van der Waals surface area contributed by atoms with Crippen molar-refractivity contribution in [1.82, 2.24) is 4.31 Å². The van der Waals surface area contributed by atoms with E-state index >= 15 is 0 Å². The predicted molar refractivity (Wildman–Crippen MR) is 64.4 cm³/mol. The smallest absolute Gasteiger partial charge is 0.325 e. The molecule has 2 N–H and O–H groups in total. The maximum absolute atomic E-state index is 11.8. The maximum Gasteiger partial charge on any atom is 0.325 e. The van der Waals surface area contributed by atoms with E-state index < -0.39 is 21.2 Å². The average Bonchev–Trinajstić information content (AvgIpc) is 2.23. The van der Waals surface area contributed by atoms with E-state index in [4.69, 9.17) is 5.73 Å². The van der Waals surface area contributed by atoms with Crippen LogP contribution in [0.4, 0.5) is 0 Å². The molecule has 0 saturated heterocycles. The second-order valence-electron chi connectivity index (χ2n) is 3.25. The van der Waals surface area contributed by atoms with Crippen LogP contribution < -0.4 is 5.73 Å². The van der Waals surface area contributed by atoms with E-state index in [2.05, 4.69) is 17.0 Å². The van der Waals surface area contributed by atoms with Crippen molar-refractivity contribution in [2.45, 2.75) is 18.6 Å². The minimum Gasteiger partial charge on any atom is -0.468 e. The number of rotatable bonds is 6. The summed E-state index contributed by atoms with van der Waals surface area (Å²) in [5.41, 5.74) is 5.26. The van der Waals surface area contributed by atoms with Crippen LogP contribution in [0.3, 0.4) is 0 Å². The summed E-state index contributed by atoms with van der Waals surface area (Å²) in [6, 6.07) is 0. The summed E-state index contributed by atoms with van der Waals surface area (Å²) in [5, 5.41) is -1.23. The highest BCUT2D eigenvalue weighted by Gasteiger charge is 2.32. The molecule has 16 heavy (non-hydrogen) atoms. The van der Waals surface area contributed by atoms with Gasteiger partial charge in [0.05, 0.1) is 12.1 Å². The molecule has 0 heterocycles. The molecule has 0 aromatic heterocycles. The molecule has 6 nitrogen and oxygen atoms in total. The minimum absolute atomic E-state index is 0.152. The highest BCUT2D eigenvalue weighted by atomic mass is 32.2. The fraction of sp³-hybridized carbons (Fsp3) is 0.750. The number of nitrogens with zero attached hydrogens (tertiary/aromatic N) is 1. The molecule has 0 aromatic carbocycles. The van der Waals surface area contributed by atoms with Crippen LogP contribution in [0.15, 0.2) is 0 Å². The number of thiocarbonyl (C=S) groups is 1. The summed E-state index contributed by atoms with van der Waals surface area (Å²) in [5.74, 6) is -0.790. The number of sulfonamides is 1. The standard InChI is InChI=1S/C8H16N2O4S2/c1-6(8(11)14-3)16(12,13)10(2)5-4-7(9)15/h6H,4-5H2,1-3H3,(H2,9,15). The van der Waals surface area contributed by atoms with Crippen molar-refractivity contribution in [2.75, 3.05) is 20.7 Å². The number of carbonyl (C=O) groups is 1. The zero-order valence-corrected chi connectivity index (χ0v) is 11.1. The molecule has 0 bridgehead atoms. The van der Waals surface area contributed by atoms with Gasteiger partial charge < -0.3 is 10.5 Å². The normalized spacial score (nSPS) is 13.5. The lowest BCUT2D eigenvalue weighted by Crippen LogP contribution is -2.40. The van der Waals surface area contributed by atoms with Gasteiger partial charge in [0.2, 0.25) is 10.0 Å². The first kappa shape index (κ1) is 15.3. The molecular formula is C8H16N2O4S2. The quantitative estimate of drug-likeness (QED) is 0.515. The van der Waals surface area contributed by atoms with E-state index in [1.807, 2.05) is 0 Å². The molecule has 0 spiro atoms. The molecule has 0 radical (unpaired) electrons. The summed E-state index contributed by atoms with van der Waals surface area (Å²) in [7, 11) is -1.19. The van der Waals surface area contributed by atoms with Gasteiger partial charge in [-0.05, 0) is 6.92 Å². The van der Waals surface area contributed by atoms with Crippen molar-refractivity contribution in [3.8, 4) is 0 Å². The van der Waals surface area contributed by atoms with Gasteiger partial charge in [-0.15, -0.1) is 0 Å². The number of esters is 1. The molecule has 1 atom stereocenters. The second-order valence-corrected chi connectivity index (χ2v) is 6.13. The first-order chi connectivity index (χ1) is 7.23. The van der Waals surface area contributed by atoms with Crippen LogP contribution >= 0.6 is 12.2 Å². The van der Waals surface area contributed by atoms with Crippen LogP contribution in [-0.2, 0) is 19.6 Å². The Kier molecular flexibility index (Phi) is 5.84. The van der Waals surface area contributed by atoms with E-state index in [0.29, 0.717) is 0 Å². The molecule has 0 saturated carbocycles. The Morgan fingerprint density at radius 1 is 1.56 bits per heavy atom. The molecule has 94 valence electrons. The molecule has 1 unspecified atom stereocenters. The van der Waals surface area contributed by atoms with Gasteiger partial charge in [-0.1, -0.05) is 12.2 Å². The first-order valence-corrected chi connectivity index (χ1v) is 6.46. The van der Waals surface area contributed by atoms with Crippen molar-refractivity contribution in [2.24, 2.45) is 5.73 Å². The lowest BCUT2D eigenvalue weighted by atomic mass is 10.4. The van der Waals surface area contributed by atoms with Gasteiger partial charge in [0.1, 0.15) is 0 Å². The van der Waals surface area contributed by atoms with Gasteiger partial charge in [-0.25, -0.2) is 12.7 Å². The number of carbonyl (C=O) groups excluding carboxylic acids is 1. The van der Waals surface area contributed by atoms with E-state index in [1.165, 1.54) is 14.0 Å². The van der Waals surface area contributed by atoms with E-state index in [0.717, 1.165) is 11.4 Å². The molecule has 0 aliphatic carbocycles. The van der Waals surface area contributed by atoms with Crippen molar-refractivity contribution in [3.05, 3.63) is 0 Å². The van der Waals surface area contributed by atoms with Crippen molar-refractivity contribution in [1.29, 1.82) is 0 Å². The summed E-state index contributed by atoms with van der Waals surface area (Å²) >= 11 is 4.64. The van der Waals surface area contributed by atoms with Crippen LogP contribution in [-0.4, -0.2) is 49.6 Å². The second kappa shape index (κ2) is 6.12. The average molecular weight is 268 g/mol. The van der Waals surface area contributed by atoms with Gasteiger partial charge >= 0.3 is 5.97 Å². The lowest BCUT2D eigenvalue weighted by Gasteiger charge is -2.20. The molecule has 0 fully saturated rings. The van der Waals surface area contributed by atoms with E-state index in [-0.39, 0.29) is 18.0 Å². The Morgan fingerprint density at radius 2 is 2.06 bits per heavy atom. The minimum atomic E-state index is -3.70. The predicted octanol–water partition coefficient (Wildman–Crippen LogP) is -0.514. The topological polar surface area (TPSA) is 89.7 Å². The van der Waals surface area contributed by atoms with Crippen molar-refractivity contribution >= 4 is 33.2 Å². The largest absolute Gasteiger partial charge is 0.468 e. The summed E-state index contributed by atoms with van der Waals surface area (Å²) in [6.45, 7) is 1.43.